The lowest BCUT2D eigenvalue weighted by molar-refractivity contribution is 0.0950. The van der Waals surface area contributed by atoms with Gasteiger partial charge in [0.05, 0.1) is 12.9 Å². The van der Waals surface area contributed by atoms with Crippen molar-refractivity contribution >= 4 is 32.6 Å². The van der Waals surface area contributed by atoms with Crippen LogP contribution in [0, 0.1) is 0 Å². The molecule has 2 aromatic carbocycles. The molecule has 0 fully saturated rings. The number of nitrogens with one attached hydrogen (secondary N) is 1. The molecule has 0 unspecified atom stereocenters. The van der Waals surface area contributed by atoms with Gasteiger partial charge in [0, 0.05) is 16.6 Å². The summed E-state index contributed by atoms with van der Waals surface area (Å²) >= 11 is 3.44. The molecule has 0 radical (unpaired) electrons. The van der Waals surface area contributed by atoms with E-state index in [1.807, 2.05) is 36.4 Å². The maximum Gasteiger partial charge on any atom is 0.251 e. The second kappa shape index (κ2) is 7.10. The van der Waals surface area contributed by atoms with Crippen molar-refractivity contribution in [1.82, 2.24) is 5.32 Å². The minimum Gasteiger partial charge on any atom is -0.502 e. The molecule has 0 saturated carbocycles. The van der Waals surface area contributed by atoms with Crippen LogP contribution in [0.3, 0.4) is 0 Å². The lowest BCUT2D eigenvalue weighted by Crippen LogP contribution is -2.25. The van der Waals surface area contributed by atoms with E-state index in [1.54, 1.807) is 0 Å². The van der Waals surface area contributed by atoms with Crippen LogP contribution in [0.15, 0.2) is 53.7 Å². The Morgan fingerprint density at radius 1 is 1.25 bits per heavy atom. The predicted molar refractivity (Wildman–Crippen MR) is 84.7 cm³/mol. The quantitative estimate of drug-likeness (QED) is 0.643. The summed E-state index contributed by atoms with van der Waals surface area (Å²) in [5.74, 6) is -0.0616. The van der Waals surface area contributed by atoms with Crippen molar-refractivity contribution in [1.29, 1.82) is 0 Å². The fourth-order valence-electron chi connectivity index (χ4n) is 1.90. The van der Waals surface area contributed by atoms with E-state index in [4.69, 9.17) is 4.74 Å². The van der Waals surface area contributed by atoms with Crippen LogP contribution in [0.1, 0.15) is 16.8 Å². The van der Waals surface area contributed by atoms with Gasteiger partial charge in [0.15, 0.2) is 0 Å². The van der Waals surface area contributed by atoms with Gasteiger partial charge in [0.2, 0.25) is 0 Å². The fourth-order valence-corrected chi connectivity index (χ4v) is 2.28. The zero-order chi connectivity index (χ0) is 14.4. The summed E-state index contributed by atoms with van der Waals surface area (Å²) in [5, 5.41) is 5.03. The van der Waals surface area contributed by atoms with Gasteiger partial charge in [0.25, 0.3) is 5.91 Å². The fraction of sp³-hybridized carbons (Fsp3) is 0.188. The molecular formula is C16H16BrNO2. The number of halogens is 1. The van der Waals surface area contributed by atoms with Crippen LogP contribution in [0.25, 0.3) is 10.8 Å². The molecule has 20 heavy (non-hydrogen) atoms. The van der Waals surface area contributed by atoms with Crippen LogP contribution in [0.4, 0.5) is 0 Å². The second-order valence-corrected chi connectivity index (χ2v) is 5.27. The molecule has 1 N–H and O–H groups in total. The first-order valence-corrected chi connectivity index (χ1v) is 7.20. The van der Waals surface area contributed by atoms with Crippen molar-refractivity contribution in [2.75, 3.05) is 13.2 Å². The Kier molecular flexibility index (Phi) is 5.18. The molecule has 0 atom stereocenters. The molecule has 0 bridgehead atoms. The Balaban J connectivity index is 1.99. The molecular weight excluding hydrogens is 318 g/mol. The first-order chi connectivity index (χ1) is 9.70. The monoisotopic (exact) mass is 333 g/mol. The maximum atomic E-state index is 12.0. The molecule has 1 amide bonds. The molecule has 2 aromatic rings. The molecule has 104 valence electrons. The highest BCUT2D eigenvalue weighted by atomic mass is 79.9. The molecule has 0 heterocycles. The van der Waals surface area contributed by atoms with Gasteiger partial charge in [-0.1, -0.05) is 34.6 Å². The minimum atomic E-state index is -0.0616. The summed E-state index contributed by atoms with van der Waals surface area (Å²) in [6.07, 6.45) is 2.17. The third kappa shape index (κ3) is 3.84. The number of amides is 1. The molecule has 0 aliphatic heterocycles. The summed E-state index contributed by atoms with van der Waals surface area (Å²) in [6.45, 7) is 4.62. The molecule has 4 heteroatoms. The number of ether oxygens (including phenoxy) is 1. The molecule has 2 rings (SSSR count). The highest BCUT2D eigenvalue weighted by Gasteiger charge is 2.05. The van der Waals surface area contributed by atoms with Crippen molar-refractivity contribution < 1.29 is 9.53 Å². The summed E-state index contributed by atoms with van der Waals surface area (Å²) < 4.78 is 6.03. The number of fused-ring (bicyclic) bond motifs is 1. The largest absolute Gasteiger partial charge is 0.502 e. The van der Waals surface area contributed by atoms with Gasteiger partial charge in [-0.25, -0.2) is 0 Å². The van der Waals surface area contributed by atoms with Crippen molar-refractivity contribution in [2.45, 2.75) is 6.42 Å². The lowest BCUT2D eigenvalue weighted by atomic mass is 10.1. The van der Waals surface area contributed by atoms with Gasteiger partial charge >= 0.3 is 0 Å². The van der Waals surface area contributed by atoms with Gasteiger partial charge in [-0.05, 0) is 41.5 Å². The predicted octanol–water partition coefficient (Wildman–Crippen LogP) is 3.88. The molecule has 0 saturated heterocycles. The number of hydrogen-bond donors (Lipinski definition) is 1. The average Bonchev–Trinajstić information content (AvgIpc) is 2.46. The van der Waals surface area contributed by atoms with Gasteiger partial charge in [-0.2, -0.15) is 0 Å². The summed E-state index contributed by atoms with van der Waals surface area (Å²) in [7, 11) is 0. The van der Waals surface area contributed by atoms with E-state index in [0.29, 0.717) is 18.7 Å². The van der Waals surface area contributed by atoms with Crippen molar-refractivity contribution in [2.24, 2.45) is 0 Å². The number of carbonyl (C=O) groups is 1. The number of hydrogen-bond acceptors (Lipinski definition) is 2. The normalized spacial score (nSPS) is 10.2. The highest BCUT2D eigenvalue weighted by molar-refractivity contribution is 9.10. The van der Waals surface area contributed by atoms with E-state index in [1.165, 1.54) is 6.26 Å². The summed E-state index contributed by atoms with van der Waals surface area (Å²) in [5.41, 5.74) is 0.671. The van der Waals surface area contributed by atoms with Crippen LogP contribution >= 0.6 is 15.9 Å². The van der Waals surface area contributed by atoms with Crippen LogP contribution in [0.2, 0.25) is 0 Å². The van der Waals surface area contributed by atoms with Crippen LogP contribution < -0.4 is 5.32 Å². The number of benzene rings is 2. The van der Waals surface area contributed by atoms with Crippen molar-refractivity contribution in [3.63, 3.8) is 0 Å². The van der Waals surface area contributed by atoms with Crippen LogP contribution in [-0.4, -0.2) is 19.1 Å². The summed E-state index contributed by atoms with van der Waals surface area (Å²) in [6, 6.07) is 11.7. The standard InChI is InChI=1S/C16H16BrNO2/c1-2-20-9-3-8-18-16(19)14-5-4-13-11-15(17)7-6-12(13)10-14/h2,4-7,10-11H,1,3,8-9H2,(H,18,19). The molecule has 3 nitrogen and oxygen atoms in total. The lowest BCUT2D eigenvalue weighted by Gasteiger charge is -2.06. The first-order valence-electron chi connectivity index (χ1n) is 6.41. The topological polar surface area (TPSA) is 38.3 Å². The number of carbonyl (C=O) groups excluding carboxylic acids is 1. The summed E-state index contributed by atoms with van der Waals surface area (Å²) in [4.78, 5) is 12.0. The molecule has 0 spiro atoms. The van der Waals surface area contributed by atoms with E-state index in [9.17, 15) is 4.79 Å². The molecule has 0 aromatic heterocycles. The third-order valence-electron chi connectivity index (χ3n) is 2.91. The smallest absolute Gasteiger partial charge is 0.251 e. The van der Waals surface area contributed by atoms with Gasteiger partial charge in [-0.15, -0.1) is 0 Å². The maximum absolute atomic E-state index is 12.0. The Morgan fingerprint density at radius 2 is 2.00 bits per heavy atom. The van der Waals surface area contributed by atoms with Crippen molar-refractivity contribution in [3.8, 4) is 0 Å². The Labute approximate surface area is 126 Å². The van der Waals surface area contributed by atoms with E-state index in [2.05, 4.69) is 27.8 Å². The Bertz CT molecular complexity index is 625. The van der Waals surface area contributed by atoms with Crippen LogP contribution in [0.5, 0.6) is 0 Å². The SMILES string of the molecule is C=COCCCNC(=O)c1ccc2cc(Br)ccc2c1. The van der Waals surface area contributed by atoms with Gasteiger partial charge in [0.1, 0.15) is 0 Å². The van der Waals surface area contributed by atoms with E-state index < -0.39 is 0 Å². The Morgan fingerprint density at radius 3 is 2.80 bits per heavy atom. The Hall–Kier alpha value is -1.81. The third-order valence-corrected chi connectivity index (χ3v) is 3.40. The minimum absolute atomic E-state index is 0.0616. The first kappa shape index (κ1) is 14.6. The van der Waals surface area contributed by atoms with Gasteiger partial charge < -0.3 is 10.1 Å². The van der Waals surface area contributed by atoms with Crippen molar-refractivity contribution in [3.05, 3.63) is 59.3 Å². The van der Waals surface area contributed by atoms with E-state index in [0.717, 1.165) is 21.7 Å². The van der Waals surface area contributed by atoms with E-state index in [-0.39, 0.29) is 5.91 Å². The van der Waals surface area contributed by atoms with Gasteiger partial charge in [-0.3, -0.25) is 4.79 Å². The number of rotatable bonds is 6. The van der Waals surface area contributed by atoms with E-state index >= 15 is 0 Å². The van der Waals surface area contributed by atoms with Crippen LogP contribution in [-0.2, 0) is 4.74 Å². The highest BCUT2D eigenvalue weighted by Crippen LogP contribution is 2.20. The zero-order valence-corrected chi connectivity index (χ0v) is 12.7. The average molecular weight is 334 g/mol. The zero-order valence-electron chi connectivity index (χ0n) is 11.1. The molecule has 0 aliphatic rings. The molecule has 0 aliphatic carbocycles. The second-order valence-electron chi connectivity index (χ2n) is 4.35.